The first-order valence-electron chi connectivity index (χ1n) is 6.02. The van der Waals surface area contributed by atoms with Gasteiger partial charge in [0.1, 0.15) is 5.75 Å². The summed E-state index contributed by atoms with van der Waals surface area (Å²) in [6.07, 6.45) is 0.314. The predicted molar refractivity (Wildman–Crippen MR) is 67.8 cm³/mol. The molecule has 0 aliphatic carbocycles. The number of hydrogen-bond donors (Lipinski definition) is 2. The average Bonchev–Trinajstić information content (AvgIpc) is 2.37. The van der Waals surface area contributed by atoms with E-state index in [2.05, 4.69) is 10.1 Å². The smallest absolute Gasteiger partial charge is 0.387 e. The third-order valence-electron chi connectivity index (χ3n) is 2.60. The summed E-state index contributed by atoms with van der Waals surface area (Å²) in [5.41, 5.74) is 5.93. The minimum absolute atomic E-state index is 0.0738. The molecule has 4 nitrogen and oxygen atoms in total. The first-order chi connectivity index (χ1) is 9.02. The number of alkyl halides is 2. The minimum atomic E-state index is -2.88. The number of ether oxygens (including phenoxy) is 1. The highest BCUT2D eigenvalue weighted by atomic mass is 19.3. The molecule has 6 heteroatoms. The van der Waals surface area contributed by atoms with Gasteiger partial charge in [0.25, 0.3) is 0 Å². The number of carbonyl (C=O) groups is 1. The molecule has 19 heavy (non-hydrogen) atoms. The van der Waals surface area contributed by atoms with E-state index in [0.29, 0.717) is 18.5 Å². The molecule has 0 bridgehead atoms. The zero-order valence-electron chi connectivity index (χ0n) is 10.7. The number of rotatable bonds is 7. The average molecular weight is 272 g/mol. The van der Waals surface area contributed by atoms with Gasteiger partial charge >= 0.3 is 6.61 Å². The second-order valence-corrected chi connectivity index (χ2v) is 4.31. The summed E-state index contributed by atoms with van der Waals surface area (Å²) in [4.78, 5) is 11.6. The maximum absolute atomic E-state index is 12.2. The van der Waals surface area contributed by atoms with Gasteiger partial charge in [-0.25, -0.2) is 0 Å². The van der Waals surface area contributed by atoms with Crippen LogP contribution in [0.25, 0.3) is 0 Å². The van der Waals surface area contributed by atoms with Crippen molar-refractivity contribution in [2.24, 2.45) is 11.7 Å². The molecule has 1 amide bonds. The number of benzene rings is 1. The summed E-state index contributed by atoms with van der Waals surface area (Å²) < 4.78 is 28.8. The molecule has 0 saturated carbocycles. The van der Waals surface area contributed by atoms with Crippen LogP contribution in [0, 0.1) is 5.92 Å². The lowest BCUT2D eigenvalue weighted by Crippen LogP contribution is -2.27. The second kappa shape index (κ2) is 7.68. The van der Waals surface area contributed by atoms with Gasteiger partial charge in [0.2, 0.25) is 5.91 Å². The Kier molecular flexibility index (Phi) is 6.21. The maximum Gasteiger partial charge on any atom is 0.387 e. The van der Waals surface area contributed by atoms with Crippen molar-refractivity contribution in [2.75, 3.05) is 6.54 Å². The van der Waals surface area contributed by atoms with Gasteiger partial charge in [-0.1, -0.05) is 25.1 Å². The molecule has 1 atom stereocenters. The van der Waals surface area contributed by atoms with Crippen LogP contribution in [0.4, 0.5) is 8.78 Å². The van der Waals surface area contributed by atoms with Crippen LogP contribution < -0.4 is 15.8 Å². The van der Waals surface area contributed by atoms with E-state index in [1.54, 1.807) is 18.2 Å². The van der Waals surface area contributed by atoms with E-state index >= 15 is 0 Å². The van der Waals surface area contributed by atoms with Gasteiger partial charge in [-0.05, 0) is 18.5 Å². The third-order valence-corrected chi connectivity index (χ3v) is 2.60. The Morgan fingerprint density at radius 3 is 2.74 bits per heavy atom. The number of nitrogens with two attached hydrogens (primary N) is 1. The molecule has 0 aliphatic heterocycles. The van der Waals surface area contributed by atoms with Crippen LogP contribution >= 0.6 is 0 Å². The van der Waals surface area contributed by atoms with Gasteiger partial charge in [0.05, 0.1) is 0 Å². The van der Waals surface area contributed by atoms with Crippen molar-refractivity contribution >= 4 is 5.91 Å². The predicted octanol–water partition coefficient (Wildman–Crippen LogP) is 1.89. The Balaban J connectivity index is 2.55. The highest BCUT2D eigenvalue weighted by Gasteiger charge is 2.11. The van der Waals surface area contributed by atoms with Gasteiger partial charge in [-0.2, -0.15) is 8.78 Å². The molecule has 106 valence electrons. The summed E-state index contributed by atoms with van der Waals surface area (Å²) >= 11 is 0. The van der Waals surface area contributed by atoms with Gasteiger partial charge < -0.3 is 15.8 Å². The zero-order chi connectivity index (χ0) is 14.3. The van der Waals surface area contributed by atoms with Crippen molar-refractivity contribution < 1.29 is 18.3 Å². The molecule has 1 rings (SSSR count). The normalized spacial score (nSPS) is 12.3. The zero-order valence-corrected chi connectivity index (χ0v) is 10.7. The van der Waals surface area contributed by atoms with Crippen LogP contribution in [0.1, 0.15) is 18.9 Å². The molecule has 1 aromatic carbocycles. The molecule has 0 aliphatic rings. The van der Waals surface area contributed by atoms with Gasteiger partial charge in [-0.15, -0.1) is 0 Å². The molecule has 1 aromatic rings. The molecule has 0 radical (unpaired) electrons. The Hall–Kier alpha value is -1.69. The van der Waals surface area contributed by atoms with Crippen LogP contribution in [0.3, 0.4) is 0 Å². The Labute approximate surface area is 110 Å². The minimum Gasteiger partial charge on any atom is -0.434 e. The third kappa shape index (κ3) is 5.65. The number of carbonyl (C=O) groups excluding carboxylic acids is 1. The molecular weight excluding hydrogens is 254 g/mol. The van der Waals surface area contributed by atoms with Crippen LogP contribution in [0.5, 0.6) is 5.75 Å². The van der Waals surface area contributed by atoms with E-state index in [4.69, 9.17) is 5.73 Å². The van der Waals surface area contributed by atoms with Crippen molar-refractivity contribution in [2.45, 2.75) is 26.5 Å². The summed E-state index contributed by atoms with van der Waals surface area (Å²) in [6, 6.07) is 6.36. The second-order valence-electron chi connectivity index (χ2n) is 4.31. The van der Waals surface area contributed by atoms with Crippen LogP contribution in [0.15, 0.2) is 24.3 Å². The Morgan fingerprint density at radius 2 is 2.11 bits per heavy atom. The molecule has 3 N–H and O–H groups in total. The lowest BCUT2D eigenvalue weighted by Gasteiger charge is -2.12. The molecular formula is C13H18F2N2O2. The quantitative estimate of drug-likeness (QED) is 0.796. The first-order valence-corrected chi connectivity index (χ1v) is 6.02. The molecule has 0 heterocycles. The summed E-state index contributed by atoms with van der Waals surface area (Å²) in [6.45, 7) is -0.431. The van der Waals surface area contributed by atoms with E-state index in [0.717, 1.165) is 0 Å². The fraction of sp³-hybridized carbons (Fsp3) is 0.462. The molecule has 0 saturated heterocycles. The SMILES string of the molecule is CC(CN)CC(=O)NCc1ccccc1OC(F)F. The summed E-state index contributed by atoms with van der Waals surface area (Å²) in [5.74, 6) is 0.00188. The van der Waals surface area contributed by atoms with Gasteiger partial charge in [0, 0.05) is 18.5 Å². The van der Waals surface area contributed by atoms with E-state index in [1.165, 1.54) is 6.07 Å². The van der Waals surface area contributed by atoms with E-state index in [1.807, 2.05) is 6.92 Å². The van der Waals surface area contributed by atoms with Gasteiger partial charge in [-0.3, -0.25) is 4.79 Å². The number of halogens is 2. The lowest BCUT2D eigenvalue weighted by molar-refractivity contribution is -0.122. The van der Waals surface area contributed by atoms with Gasteiger partial charge in [0.15, 0.2) is 0 Å². The number of hydrogen-bond acceptors (Lipinski definition) is 3. The van der Waals surface area contributed by atoms with Crippen molar-refractivity contribution in [3.63, 3.8) is 0 Å². The first kappa shape index (κ1) is 15.4. The molecule has 1 unspecified atom stereocenters. The molecule has 0 aromatic heterocycles. The van der Waals surface area contributed by atoms with Crippen molar-refractivity contribution in [1.29, 1.82) is 0 Å². The van der Waals surface area contributed by atoms with E-state index < -0.39 is 6.61 Å². The Bertz CT molecular complexity index is 413. The number of nitrogens with one attached hydrogen (secondary N) is 1. The largest absolute Gasteiger partial charge is 0.434 e. The molecule has 0 spiro atoms. The van der Waals surface area contributed by atoms with Crippen LogP contribution in [-0.4, -0.2) is 19.1 Å². The standard InChI is InChI=1S/C13H18F2N2O2/c1-9(7-16)6-12(18)17-8-10-4-2-3-5-11(10)19-13(14)15/h2-5,9,13H,6-8,16H2,1H3,(H,17,18). The van der Waals surface area contributed by atoms with Crippen molar-refractivity contribution in [3.8, 4) is 5.75 Å². The van der Waals surface area contributed by atoms with E-state index in [9.17, 15) is 13.6 Å². The number of para-hydroxylation sites is 1. The highest BCUT2D eigenvalue weighted by Crippen LogP contribution is 2.19. The maximum atomic E-state index is 12.2. The molecule has 0 fully saturated rings. The fourth-order valence-electron chi connectivity index (χ4n) is 1.53. The van der Waals surface area contributed by atoms with Crippen molar-refractivity contribution in [1.82, 2.24) is 5.32 Å². The topological polar surface area (TPSA) is 64.4 Å². The fourth-order valence-corrected chi connectivity index (χ4v) is 1.53. The summed E-state index contributed by atoms with van der Waals surface area (Å²) in [7, 11) is 0. The Morgan fingerprint density at radius 1 is 1.42 bits per heavy atom. The highest BCUT2D eigenvalue weighted by molar-refractivity contribution is 5.76. The van der Waals surface area contributed by atoms with E-state index in [-0.39, 0.29) is 24.1 Å². The van der Waals surface area contributed by atoms with Crippen LogP contribution in [-0.2, 0) is 11.3 Å². The number of amides is 1. The van der Waals surface area contributed by atoms with Crippen molar-refractivity contribution in [3.05, 3.63) is 29.8 Å². The van der Waals surface area contributed by atoms with Crippen LogP contribution in [0.2, 0.25) is 0 Å². The monoisotopic (exact) mass is 272 g/mol. The lowest BCUT2D eigenvalue weighted by atomic mass is 10.1. The summed E-state index contributed by atoms with van der Waals surface area (Å²) in [5, 5.41) is 2.66.